The topological polar surface area (TPSA) is 72.4 Å². The smallest absolute Gasteiger partial charge is 0.269 e. The van der Waals surface area contributed by atoms with E-state index >= 15 is 0 Å². The fourth-order valence-corrected chi connectivity index (χ4v) is 2.30. The van der Waals surface area contributed by atoms with Crippen LogP contribution in [0.5, 0.6) is 0 Å². The van der Waals surface area contributed by atoms with Gasteiger partial charge in [-0.2, -0.15) is 0 Å². The average molecular weight is 263 g/mol. The number of hydrogen-bond acceptors (Lipinski definition) is 4. The summed E-state index contributed by atoms with van der Waals surface area (Å²) >= 11 is 0. The number of benzene rings is 1. The Morgan fingerprint density at radius 1 is 1.47 bits per heavy atom. The molecule has 19 heavy (non-hydrogen) atoms. The van der Waals surface area contributed by atoms with Crippen LogP contribution < -0.4 is 5.73 Å². The number of hydrogen-bond donors (Lipinski definition) is 1. The van der Waals surface area contributed by atoms with Gasteiger partial charge in [0.1, 0.15) is 0 Å². The van der Waals surface area contributed by atoms with Crippen LogP contribution in [0.2, 0.25) is 0 Å². The van der Waals surface area contributed by atoms with E-state index in [2.05, 4.69) is 11.8 Å². The van der Waals surface area contributed by atoms with Crippen LogP contribution in [0, 0.1) is 16.0 Å². The molecule has 0 unspecified atom stereocenters. The Labute approximate surface area is 113 Å². The van der Waals surface area contributed by atoms with E-state index in [4.69, 9.17) is 5.73 Å². The van der Waals surface area contributed by atoms with Crippen molar-refractivity contribution in [2.24, 2.45) is 5.92 Å². The van der Waals surface area contributed by atoms with Gasteiger partial charge < -0.3 is 5.73 Å². The number of nitro groups is 1. The number of nitrogen functional groups attached to an aromatic ring is 1. The summed E-state index contributed by atoms with van der Waals surface area (Å²) in [6, 6.07) is 4.70. The highest BCUT2D eigenvalue weighted by Crippen LogP contribution is 2.31. The zero-order chi connectivity index (χ0) is 13.8. The van der Waals surface area contributed by atoms with Crippen molar-refractivity contribution >= 4 is 11.4 Å². The molecule has 0 aliphatic heterocycles. The predicted octanol–water partition coefficient (Wildman–Crippen LogP) is 2.80. The van der Waals surface area contributed by atoms with Crippen LogP contribution in [0.1, 0.15) is 31.7 Å². The minimum atomic E-state index is -0.367. The van der Waals surface area contributed by atoms with E-state index in [0.717, 1.165) is 31.0 Å². The van der Waals surface area contributed by atoms with Crippen molar-refractivity contribution in [1.29, 1.82) is 0 Å². The Kier molecular flexibility index (Phi) is 4.37. The van der Waals surface area contributed by atoms with E-state index in [9.17, 15) is 10.1 Å². The molecule has 0 amide bonds. The largest absolute Gasteiger partial charge is 0.398 e. The zero-order valence-electron chi connectivity index (χ0n) is 11.3. The molecule has 5 nitrogen and oxygen atoms in total. The minimum absolute atomic E-state index is 0.118. The molecule has 5 heteroatoms. The quantitative estimate of drug-likeness (QED) is 0.466. The molecule has 0 aromatic heterocycles. The lowest BCUT2D eigenvalue weighted by atomic mass is 10.1. The molecule has 1 aromatic carbocycles. The molecule has 1 aromatic rings. The molecule has 1 saturated carbocycles. The Morgan fingerprint density at radius 3 is 2.79 bits per heavy atom. The van der Waals surface area contributed by atoms with Gasteiger partial charge in [0, 0.05) is 30.9 Å². The number of nitro benzene ring substituents is 1. The van der Waals surface area contributed by atoms with Gasteiger partial charge in [-0.3, -0.25) is 15.0 Å². The van der Waals surface area contributed by atoms with Crippen molar-refractivity contribution in [3.8, 4) is 0 Å². The lowest BCUT2D eigenvalue weighted by Crippen LogP contribution is -2.26. The molecular formula is C14H21N3O2. The summed E-state index contributed by atoms with van der Waals surface area (Å²) in [7, 11) is 0. The molecule has 0 saturated heterocycles. The average Bonchev–Trinajstić information content (AvgIpc) is 3.16. The predicted molar refractivity (Wildman–Crippen MR) is 75.8 cm³/mol. The molecule has 0 heterocycles. The fourth-order valence-electron chi connectivity index (χ4n) is 2.30. The van der Waals surface area contributed by atoms with Crippen LogP contribution in [0.3, 0.4) is 0 Å². The first kappa shape index (κ1) is 13.8. The van der Waals surface area contributed by atoms with Gasteiger partial charge in [-0.05, 0) is 43.4 Å². The summed E-state index contributed by atoms with van der Waals surface area (Å²) in [5.41, 5.74) is 7.55. The van der Waals surface area contributed by atoms with Crippen molar-refractivity contribution in [3.05, 3.63) is 33.9 Å². The highest BCUT2D eigenvalue weighted by molar-refractivity contribution is 5.52. The van der Waals surface area contributed by atoms with E-state index in [1.807, 2.05) is 0 Å². The van der Waals surface area contributed by atoms with Crippen LogP contribution in [0.15, 0.2) is 18.2 Å². The second-order valence-electron chi connectivity index (χ2n) is 5.32. The maximum atomic E-state index is 10.8. The Balaban J connectivity index is 2.09. The molecule has 1 aliphatic rings. The summed E-state index contributed by atoms with van der Waals surface area (Å²) in [5.74, 6) is 0.812. The van der Waals surface area contributed by atoms with Crippen molar-refractivity contribution < 1.29 is 4.92 Å². The van der Waals surface area contributed by atoms with E-state index in [1.54, 1.807) is 12.1 Å². The lowest BCUT2D eigenvalue weighted by Gasteiger charge is -2.22. The van der Waals surface area contributed by atoms with Gasteiger partial charge in [0.25, 0.3) is 5.69 Å². The third-order valence-electron chi connectivity index (χ3n) is 3.48. The van der Waals surface area contributed by atoms with Crippen LogP contribution in [0.4, 0.5) is 11.4 Å². The maximum absolute atomic E-state index is 10.8. The number of non-ortho nitro benzene ring substituents is 1. The van der Waals surface area contributed by atoms with E-state index in [-0.39, 0.29) is 10.6 Å². The summed E-state index contributed by atoms with van der Waals surface area (Å²) in [6.07, 6.45) is 3.71. The van der Waals surface area contributed by atoms with Crippen molar-refractivity contribution in [2.75, 3.05) is 18.8 Å². The molecule has 2 N–H and O–H groups in total. The number of rotatable bonds is 7. The Morgan fingerprint density at radius 2 is 2.21 bits per heavy atom. The van der Waals surface area contributed by atoms with Gasteiger partial charge in [-0.25, -0.2) is 0 Å². The Bertz CT molecular complexity index is 458. The van der Waals surface area contributed by atoms with Crippen molar-refractivity contribution in [1.82, 2.24) is 4.90 Å². The molecule has 0 radical (unpaired) electrons. The summed E-state index contributed by atoms with van der Waals surface area (Å²) in [5, 5.41) is 10.8. The highest BCUT2D eigenvalue weighted by Gasteiger charge is 2.24. The second-order valence-corrected chi connectivity index (χ2v) is 5.32. The standard InChI is InChI=1S/C14H21N3O2/c1-2-7-16(9-11-3-4-11)10-12-8-13(17(18)19)5-6-14(12)15/h5-6,8,11H,2-4,7,9-10,15H2,1H3. The van der Waals surface area contributed by atoms with Crippen molar-refractivity contribution in [3.63, 3.8) is 0 Å². The third kappa shape index (κ3) is 3.92. The first-order valence-corrected chi connectivity index (χ1v) is 6.85. The van der Waals surface area contributed by atoms with E-state index < -0.39 is 0 Å². The lowest BCUT2D eigenvalue weighted by molar-refractivity contribution is -0.384. The molecule has 2 rings (SSSR count). The first-order valence-electron chi connectivity index (χ1n) is 6.85. The van der Waals surface area contributed by atoms with Gasteiger partial charge in [-0.1, -0.05) is 6.92 Å². The van der Waals surface area contributed by atoms with Gasteiger partial charge in [0.2, 0.25) is 0 Å². The highest BCUT2D eigenvalue weighted by atomic mass is 16.6. The van der Waals surface area contributed by atoms with Crippen molar-refractivity contribution in [2.45, 2.75) is 32.7 Å². The molecule has 1 aliphatic carbocycles. The van der Waals surface area contributed by atoms with Gasteiger partial charge in [0.15, 0.2) is 0 Å². The monoisotopic (exact) mass is 263 g/mol. The number of nitrogens with two attached hydrogens (primary N) is 1. The van der Waals surface area contributed by atoms with Gasteiger partial charge in [0.05, 0.1) is 4.92 Å². The SMILES string of the molecule is CCCN(Cc1cc([N+](=O)[O-])ccc1N)CC1CC1. The van der Waals surface area contributed by atoms with Crippen LogP contribution in [-0.2, 0) is 6.54 Å². The van der Waals surface area contributed by atoms with Crippen LogP contribution >= 0.6 is 0 Å². The molecule has 0 atom stereocenters. The van der Waals surface area contributed by atoms with Gasteiger partial charge >= 0.3 is 0 Å². The van der Waals surface area contributed by atoms with E-state index in [0.29, 0.717) is 12.2 Å². The maximum Gasteiger partial charge on any atom is 0.269 e. The Hall–Kier alpha value is -1.62. The molecule has 1 fully saturated rings. The van der Waals surface area contributed by atoms with Crippen LogP contribution in [0.25, 0.3) is 0 Å². The summed E-state index contributed by atoms with van der Waals surface area (Å²) < 4.78 is 0. The third-order valence-corrected chi connectivity index (χ3v) is 3.48. The normalized spacial score (nSPS) is 14.8. The number of anilines is 1. The first-order chi connectivity index (χ1) is 9.10. The molecule has 0 spiro atoms. The molecule has 0 bridgehead atoms. The van der Waals surface area contributed by atoms with Gasteiger partial charge in [-0.15, -0.1) is 0 Å². The minimum Gasteiger partial charge on any atom is -0.398 e. The molecular weight excluding hydrogens is 242 g/mol. The number of nitrogens with zero attached hydrogens (tertiary/aromatic N) is 2. The fraction of sp³-hybridized carbons (Fsp3) is 0.571. The van der Waals surface area contributed by atoms with E-state index in [1.165, 1.54) is 18.9 Å². The van der Waals surface area contributed by atoms with Crippen LogP contribution in [-0.4, -0.2) is 22.9 Å². The zero-order valence-corrected chi connectivity index (χ0v) is 11.3. The second kappa shape index (κ2) is 6.02. The summed E-state index contributed by atoms with van der Waals surface area (Å²) in [4.78, 5) is 12.8. The molecule has 104 valence electrons. The summed E-state index contributed by atoms with van der Waals surface area (Å²) in [6.45, 7) is 4.95.